The monoisotopic (exact) mass is 289 g/mol. The summed E-state index contributed by atoms with van der Waals surface area (Å²) >= 11 is 1.42. The molecule has 0 aliphatic carbocycles. The van der Waals surface area contributed by atoms with Gasteiger partial charge in [-0.15, -0.1) is 0 Å². The molecular weight excluding hydrogens is 266 g/mol. The van der Waals surface area contributed by atoms with Crippen LogP contribution >= 0.6 is 11.5 Å². The number of hydrogen-bond donors (Lipinski definition) is 1. The molecule has 0 spiro atoms. The van der Waals surface area contributed by atoms with Crippen LogP contribution in [0.25, 0.3) is 0 Å². The van der Waals surface area contributed by atoms with Gasteiger partial charge in [-0.1, -0.05) is 32.9 Å². The molecule has 3 nitrogen and oxygen atoms in total. The summed E-state index contributed by atoms with van der Waals surface area (Å²) in [5, 5.41) is 3.91. The Morgan fingerprint density at radius 2 is 1.75 bits per heavy atom. The lowest BCUT2D eigenvalue weighted by Crippen LogP contribution is -2.12. The van der Waals surface area contributed by atoms with Crippen molar-refractivity contribution in [1.82, 2.24) is 9.36 Å². The van der Waals surface area contributed by atoms with Gasteiger partial charge in [-0.05, 0) is 41.5 Å². The number of rotatable bonds is 3. The quantitative estimate of drug-likeness (QED) is 0.925. The molecule has 1 heterocycles. The van der Waals surface area contributed by atoms with Crippen LogP contribution in [0, 0.1) is 13.8 Å². The maximum Gasteiger partial charge on any atom is 0.202 e. The third-order valence-corrected chi connectivity index (χ3v) is 4.35. The molecule has 0 saturated carbocycles. The average Bonchev–Trinajstić information content (AvgIpc) is 2.80. The third kappa shape index (κ3) is 3.18. The number of anilines is 1. The smallest absolute Gasteiger partial charge is 0.202 e. The number of aromatic nitrogens is 2. The fourth-order valence-electron chi connectivity index (χ4n) is 2.29. The van der Waals surface area contributed by atoms with E-state index in [9.17, 15) is 0 Å². The lowest BCUT2D eigenvalue weighted by molar-refractivity contribution is 0.588. The van der Waals surface area contributed by atoms with Crippen molar-refractivity contribution in [2.75, 3.05) is 12.4 Å². The van der Waals surface area contributed by atoms with Crippen molar-refractivity contribution >= 4 is 16.7 Å². The van der Waals surface area contributed by atoms with Gasteiger partial charge in [-0.3, -0.25) is 0 Å². The van der Waals surface area contributed by atoms with Gasteiger partial charge in [0.05, 0.1) is 0 Å². The largest absolute Gasteiger partial charge is 0.363 e. The Morgan fingerprint density at radius 3 is 2.20 bits per heavy atom. The molecule has 1 aromatic heterocycles. The zero-order valence-corrected chi connectivity index (χ0v) is 14.0. The summed E-state index contributed by atoms with van der Waals surface area (Å²) in [5.74, 6) is 0.897. The Kier molecular flexibility index (Phi) is 4.14. The predicted molar refractivity (Wildman–Crippen MR) is 86.9 cm³/mol. The standard InChI is InChI=1S/C16H23N3S/c1-10-7-12(16(3,4)5)8-11(2)13(10)9-14-18-15(17-6)20-19-14/h7-8H,9H2,1-6H3,(H,17,18,19). The lowest BCUT2D eigenvalue weighted by Gasteiger charge is -2.22. The second-order valence-electron chi connectivity index (χ2n) is 6.28. The molecule has 0 fully saturated rings. The predicted octanol–water partition coefficient (Wildman–Crippen LogP) is 4.08. The van der Waals surface area contributed by atoms with Gasteiger partial charge < -0.3 is 5.32 Å². The number of benzene rings is 1. The Hall–Kier alpha value is -1.42. The topological polar surface area (TPSA) is 37.8 Å². The van der Waals surface area contributed by atoms with E-state index in [-0.39, 0.29) is 5.41 Å². The van der Waals surface area contributed by atoms with Crippen molar-refractivity contribution in [1.29, 1.82) is 0 Å². The molecule has 20 heavy (non-hydrogen) atoms. The van der Waals surface area contributed by atoms with Gasteiger partial charge in [-0.2, -0.15) is 4.37 Å². The number of nitrogens with one attached hydrogen (secondary N) is 1. The molecule has 1 aromatic carbocycles. The molecule has 0 atom stereocenters. The van der Waals surface area contributed by atoms with E-state index in [0.717, 1.165) is 17.4 Å². The molecule has 108 valence electrons. The highest BCUT2D eigenvalue weighted by molar-refractivity contribution is 7.09. The summed E-state index contributed by atoms with van der Waals surface area (Å²) in [4.78, 5) is 4.47. The molecule has 0 radical (unpaired) electrons. The van der Waals surface area contributed by atoms with Crippen molar-refractivity contribution in [2.24, 2.45) is 0 Å². The summed E-state index contributed by atoms with van der Waals surface area (Å²) in [5.41, 5.74) is 5.58. The molecule has 2 aromatic rings. The molecular formula is C16H23N3S. The van der Waals surface area contributed by atoms with Crippen LogP contribution in [-0.4, -0.2) is 16.4 Å². The van der Waals surface area contributed by atoms with Crippen molar-refractivity contribution in [2.45, 2.75) is 46.5 Å². The molecule has 0 aliphatic rings. The highest BCUT2D eigenvalue weighted by atomic mass is 32.1. The first-order chi connectivity index (χ1) is 9.31. The fourth-order valence-corrected chi connectivity index (χ4v) is 2.83. The Balaban J connectivity index is 2.33. The summed E-state index contributed by atoms with van der Waals surface area (Å²) in [6.45, 7) is 11.1. The minimum atomic E-state index is 0.187. The van der Waals surface area contributed by atoms with Gasteiger partial charge in [0.25, 0.3) is 0 Å². The zero-order valence-electron chi connectivity index (χ0n) is 13.2. The van der Waals surface area contributed by atoms with Crippen molar-refractivity contribution in [3.05, 3.63) is 40.2 Å². The van der Waals surface area contributed by atoms with Crippen LogP contribution in [0.5, 0.6) is 0 Å². The fraction of sp³-hybridized carbons (Fsp3) is 0.500. The molecule has 0 unspecified atom stereocenters. The summed E-state index contributed by atoms with van der Waals surface area (Å²) in [6, 6.07) is 4.60. The highest BCUT2D eigenvalue weighted by Gasteiger charge is 2.17. The minimum absolute atomic E-state index is 0.187. The van der Waals surface area contributed by atoms with E-state index in [1.54, 1.807) is 0 Å². The van der Waals surface area contributed by atoms with Crippen LogP contribution in [-0.2, 0) is 11.8 Å². The number of nitrogens with zero attached hydrogens (tertiary/aromatic N) is 2. The van der Waals surface area contributed by atoms with Crippen LogP contribution in [0.3, 0.4) is 0 Å². The Morgan fingerprint density at radius 1 is 1.15 bits per heavy atom. The zero-order chi connectivity index (χ0) is 14.9. The normalized spacial score (nSPS) is 11.7. The van der Waals surface area contributed by atoms with Crippen LogP contribution in [0.1, 0.15) is 48.8 Å². The van der Waals surface area contributed by atoms with E-state index in [1.165, 1.54) is 33.8 Å². The van der Waals surface area contributed by atoms with E-state index in [4.69, 9.17) is 0 Å². The van der Waals surface area contributed by atoms with Gasteiger partial charge in [0.2, 0.25) is 5.13 Å². The summed E-state index contributed by atoms with van der Waals surface area (Å²) in [6.07, 6.45) is 0.806. The summed E-state index contributed by atoms with van der Waals surface area (Å²) < 4.78 is 4.40. The highest BCUT2D eigenvalue weighted by Crippen LogP contribution is 2.28. The average molecular weight is 289 g/mol. The molecule has 1 N–H and O–H groups in total. The molecule has 0 saturated heterocycles. The van der Waals surface area contributed by atoms with Gasteiger partial charge in [-0.25, -0.2) is 4.98 Å². The van der Waals surface area contributed by atoms with E-state index in [0.29, 0.717) is 0 Å². The van der Waals surface area contributed by atoms with Crippen LogP contribution in [0.15, 0.2) is 12.1 Å². The van der Waals surface area contributed by atoms with Crippen LogP contribution in [0.4, 0.5) is 5.13 Å². The first kappa shape index (κ1) is 15.0. The van der Waals surface area contributed by atoms with E-state index in [1.807, 2.05) is 7.05 Å². The van der Waals surface area contributed by atoms with Gasteiger partial charge in [0.1, 0.15) is 5.82 Å². The Bertz CT molecular complexity index is 585. The molecule has 4 heteroatoms. The van der Waals surface area contributed by atoms with Crippen LogP contribution in [0.2, 0.25) is 0 Å². The maximum atomic E-state index is 4.47. The second kappa shape index (κ2) is 5.52. The first-order valence-corrected chi connectivity index (χ1v) is 7.69. The SMILES string of the molecule is CNc1nc(Cc2c(C)cc(C(C)(C)C)cc2C)ns1. The third-order valence-electron chi connectivity index (χ3n) is 3.58. The lowest BCUT2D eigenvalue weighted by atomic mass is 9.83. The number of aryl methyl sites for hydroxylation is 2. The van der Waals surface area contributed by atoms with Gasteiger partial charge in [0, 0.05) is 25.0 Å². The second-order valence-corrected chi connectivity index (χ2v) is 7.03. The summed E-state index contributed by atoms with van der Waals surface area (Å²) in [7, 11) is 1.87. The number of hydrogen-bond acceptors (Lipinski definition) is 4. The van der Waals surface area contributed by atoms with E-state index < -0.39 is 0 Å². The van der Waals surface area contributed by atoms with Gasteiger partial charge in [0.15, 0.2) is 0 Å². The van der Waals surface area contributed by atoms with Gasteiger partial charge >= 0.3 is 0 Å². The first-order valence-electron chi connectivity index (χ1n) is 6.92. The van der Waals surface area contributed by atoms with Crippen molar-refractivity contribution in [3.63, 3.8) is 0 Å². The van der Waals surface area contributed by atoms with Crippen molar-refractivity contribution in [3.8, 4) is 0 Å². The Labute approximate surface area is 125 Å². The van der Waals surface area contributed by atoms with Crippen molar-refractivity contribution < 1.29 is 0 Å². The van der Waals surface area contributed by atoms with E-state index >= 15 is 0 Å². The van der Waals surface area contributed by atoms with Crippen LogP contribution < -0.4 is 5.32 Å². The molecule has 0 aliphatic heterocycles. The minimum Gasteiger partial charge on any atom is -0.363 e. The van der Waals surface area contributed by atoms with E-state index in [2.05, 4.69) is 61.4 Å². The molecule has 2 rings (SSSR count). The molecule has 0 amide bonds. The maximum absolute atomic E-state index is 4.47. The molecule has 0 bridgehead atoms.